The Morgan fingerprint density at radius 3 is 2.70 bits per heavy atom. The molecule has 0 amide bonds. The Hall–Kier alpha value is -2.16. The summed E-state index contributed by atoms with van der Waals surface area (Å²) in [5.74, 6) is -2.35. The molecule has 0 bridgehead atoms. The number of hydrogen-bond donors (Lipinski definition) is 1. The van der Waals surface area contributed by atoms with Crippen molar-refractivity contribution in [2.75, 3.05) is 0 Å². The fraction of sp³-hybridized carbons (Fsp3) is 0.273. The predicted molar refractivity (Wildman–Crippen MR) is 69.7 cm³/mol. The first-order valence-electron chi connectivity index (χ1n) is 5.74. The molecule has 6 nitrogen and oxygen atoms in total. The number of nitro groups is 1. The van der Waals surface area contributed by atoms with Crippen molar-refractivity contribution in [3.63, 3.8) is 0 Å². The van der Waals surface area contributed by atoms with Crippen LogP contribution in [0.25, 0.3) is 11.4 Å². The summed E-state index contributed by atoms with van der Waals surface area (Å²) >= 11 is 5.01. The van der Waals surface area contributed by atoms with Crippen molar-refractivity contribution in [1.29, 1.82) is 0 Å². The number of H-pyrrole nitrogens is 1. The summed E-state index contributed by atoms with van der Waals surface area (Å²) in [7, 11) is 0. The molecule has 0 aliphatic carbocycles. The third-order valence-corrected chi connectivity index (χ3v) is 2.99. The second-order valence-electron chi connectivity index (χ2n) is 4.04. The Kier molecular flexibility index (Phi) is 3.89. The number of nitro benzene ring substituents is 1. The lowest BCUT2D eigenvalue weighted by Gasteiger charge is -2.06. The highest BCUT2D eigenvalue weighted by molar-refractivity contribution is 7.71. The highest BCUT2D eigenvalue weighted by Gasteiger charge is 2.23. The number of aromatic amines is 1. The third kappa shape index (κ3) is 2.44. The second-order valence-corrected chi connectivity index (χ2v) is 4.43. The number of rotatable bonds is 4. The number of aromatic nitrogens is 3. The van der Waals surface area contributed by atoms with Crippen LogP contribution >= 0.6 is 12.2 Å². The molecule has 1 aromatic carbocycles. The van der Waals surface area contributed by atoms with Crippen molar-refractivity contribution in [3.05, 3.63) is 38.7 Å². The topological polar surface area (TPSA) is 76.8 Å². The normalized spacial score (nSPS) is 10.8. The van der Waals surface area contributed by atoms with Gasteiger partial charge in [-0.05, 0) is 24.7 Å². The zero-order valence-electron chi connectivity index (χ0n) is 10.4. The van der Waals surface area contributed by atoms with E-state index in [2.05, 4.69) is 10.2 Å². The van der Waals surface area contributed by atoms with Gasteiger partial charge in [0.05, 0.1) is 11.0 Å². The van der Waals surface area contributed by atoms with E-state index < -0.39 is 22.2 Å². The van der Waals surface area contributed by atoms with Gasteiger partial charge in [0.1, 0.15) is 5.56 Å². The van der Waals surface area contributed by atoms with Crippen molar-refractivity contribution in [1.82, 2.24) is 14.8 Å². The molecule has 0 atom stereocenters. The molecule has 0 spiro atoms. The molecule has 0 unspecified atom stereocenters. The minimum Gasteiger partial charge on any atom is -0.300 e. The van der Waals surface area contributed by atoms with Crippen LogP contribution in [0.4, 0.5) is 14.5 Å². The van der Waals surface area contributed by atoms with Gasteiger partial charge in [-0.3, -0.25) is 19.8 Å². The van der Waals surface area contributed by atoms with E-state index >= 15 is 0 Å². The van der Waals surface area contributed by atoms with Gasteiger partial charge in [-0.2, -0.15) is 5.10 Å². The van der Waals surface area contributed by atoms with Crippen molar-refractivity contribution >= 4 is 17.9 Å². The molecule has 0 aliphatic heterocycles. The monoisotopic (exact) mass is 300 g/mol. The van der Waals surface area contributed by atoms with Gasteiger partial charge >= 0.3 is 0 Å². The summed E-state index contributed by atoms with van der Waals surface area (Å²) in [6.45, 7) is 2.35. The highest BCUT2D eigenvalue weighted by Crippen LogP contribution is 2.30. The predicted octanol–water partition coefficient (Wildman–Crippen LogP) is 3.20. The van der Waals surface area contributed by atoms with Gasteiger partial charge < -0.3 is 0 Å². The van der Waals surface area contributed by atoms with Crippen LogP contribution in [0, 0.1) is 26.5 Å². The number of nitrogens with one attached hydrogen (secondary N) is 1. The summed E-state index contributed by atoms with van der Waals surface area (Å²) in [5, 5.41) is 17.3. The van der Waals surface area contributed by atoms with Crippen molar-refractivity contribution in [3.8, 4) is 11.4 Å². The van der Waals surface area contributed by atoms with Crippen LogP contribution in [0.15, 0.2) is 12.1 Å². The Balaban J connectivity index is 2.72. The van der Waals surface area contributed by atoms with Crippen LogP contribution in [-0.2, 0) is 6.54 Å². The Bertz CT molecular complexity index is 726. The molecule has 9 heteroatoms. The van der Waals surface area contributed by atoms with Gasteiger partial charge in [0.25, 0.3) is 5.69 Å². The molecular weight excluding hydrogens is 290 g/mol. The zero-order valence-corrected chi connectivity index (χ0v) is 11.2. The minimum atomic E-state index is -1.28. The number of hydrogen-bond acceptors (Lipinski definition) is 4. The number of nitrogens with zero attached hydrogens (tertiary/aromatic N) is 3. The first-order chi connectivity index (χ1) is 9.45. The van der Waals surface area contributed by atoms with Gasteiger partial charge in [-0.15, -0.1) is 0 Å². The number of benzene rings is 1. The van der Waals surface area contributed by atoms with Crippen LogP contribution in [0.1, 0.15) is 13.3 Å². The largest absolute Gasteiger partial charge is 0.300 e. The summed E-state index contributed by atoms with van der Waals surface area (Å²) in [5.41, 5.74) is -0.676. The molecule has 1 heterocycles. The van der Waals surface area contributed by atoms with E-state index in [-0.39, 0.29) is 16.2 Å². The number of halogens is 2. The lowest BCUT2D eigenvalue weighted by Crippen LogP contribution is -2.03. The van der Waals surface area contributed by atoms with E-state index in [1.165, 1.54) is 4.57 Å². The molecular formula is C11H10F2N4O2S. The maximum absolute atomic E-state index is 13.4. The van der Waals surface area contributed by atoms with Crippen molar-refractivity contribution in [2.24, 2.45) is 0 Å². The molecule has 0 fully saturated rings. The lowest BCUT2D eigenvalue weighted by molar-refractivity contribution is -0.384. The third-order valence-electron chi connectivity index (χ3n) is 2.68. The fourth-order valence-corrected chi connectivity index (χ4v) is 2.04. The summed E-state index contributed by atoms with van der Waals surface area (Å²) in [6.07, 6.45) is 0.707. The average molecular weight is 300 g/mol. The smallest absolute Gasteiger partial charge is 0.283 e. The molecule has 1 aromatic heterocycles. The van der Waals surface area contributed by atoms with E-state index in [4.69, 9.17) is 12.2 Å². The maximum atomic E-state index is 13.4. The van der Waals surface area contributed by atoms with Gasteiger partial charge in [0.15, 0.2) is 22.2 Å². The van der Waals surface area contributed by atoms with Crippen LogP contribution in [0.3, 0.4) is 0 Å². The quantitative estimate of drug-likeness (QED) is 0.534. The molecule has 0 saturated heterocycles. The first-order valence-corrected chi connectivity index (χ1v) is 6.15. The molecule has 1 N–H and O–H groups in total. The maximum Gasteiger partial charge on any atom is 0.283 e. The van der Waals surface area contributed by atoms with E-state index in [1.807, 2.05) is 6.92 Å². The Morgan fingerprint density at radius 2 is 2.10 bits per heavy atom. The van der Waals surface area contributed by atoms with Gasteiger partial charge in [-0.1, -0.05) is 6.92 Å². The van der Waals surface area contributed by atoms with Crippen LogP contribution in [0.5, 0.6) is 0 Å². The van der Waals surface area contributed by atoms with Crippen molar-refractivity contribution < 1.29 is 13.7 Å². The fourth-order valence-electron chi connectivity index (χ4n) is 1.82. The molecule has 0 radical (unpaired) electrons. The van der Waals surface area contributed by atoms with Crippen molar-refractivity contribution in [2.45, 2.75) is 19.9 Å². The standard InChI is InChI=1S/C11H10F2N4O2S/c1-2-3-16-10(14-15-11(16)20)6-4-7(12)8(13)5-9(6)17(18)19/h4-5H,2-3H2,1H3,(H,15,20). The highest BCUT2D eigenvalue weighted by atomic mass is 32.1. The summed E-state index contributed by atoms with van der Waals surface area (Å²) < 4.78 is 28.3. The van der Waals surface area contributed by atoms with Gasteiger partial charge in [0, 0.05) is 6.54 Å². The van der Waals surface area contributed by atoms with Gasteiger partial charge in [-0.25, -0.2) is 8.78 Å². The average Bonchev–Trinajstić information content (AvgIpc) is 2.74. The van der Waals surface area contributed by atoms with E-state index in [9.17, 15) is 18.9 Å². The Morgan fingerprint density at radius 1 is 1.45 bits per heavy atom. The second kappa shape index (κ2) is 5.45. The SMILES string of the molecule is CCCn1c(-c2cc(F)c(F)cc2[N+](=O)[O-])n[nH]c1=S. The zero-order chi connectivity index (χ0) is 14.9. The molecule has 0 aliphatic rings. The molecule has 2 aromatic rings. The molecule has 20 heavy (non-hydrogen) atoms. The van der Waals surface area contributed by atoms with E-state index in [1.54, 1.807) is 0 Å². The summed E-state index contributed by atoms with van der Waals surface area (Å²) in [6, 6.07) is 1.29. The molecule has 2 rings (SSSR count). The van der Waals surface area contributed by atoms with E-state index in [0.717, 1.165) is 6.07 Å². The minimum absolute atomic E-state index is 0.113. The lowest BCUT2D eigenvalue weighted by atomic mass is 10.1. The van der Waals surface area contributed by atoms with Gasteiger partial charge in [0.2, 0.25) is 0 Å². The first kappa shape index (κ1) is 14.3. The Labute approximate surface area is 117 Å². The summed E-state index contributed by atoms with van der Waals surface area (Å²) in [4.78, 5) is 10.2. The van der Waals surface area contributed by atoms with Crippen LogP contribution in [-0.4, -0.2) is 19.7 Å². The van der Waals surface area contributed by atoms with Crippen LogP contribution in [0.2, 0.25) is 0 Å². The molecule has 0 saturated carbocycles. The van der Waals surface area contributed by atoms with Crippen LogP contribution < -0.4 is 0 Å². The van der Waals surface area contributed by atoms with E-state index in [0.29, 0.717) is 19.0 Å². The molecule has 106 valence electrons.